The van der Waals surface area contributed by atoms with Crippen molar-refractivity contribution < 1.29 is 5.11 Å². The molecule has 13 heavy (non-hydrogen) atoms. The summed E-state index contributed by atoms with van der Waals surface area (Å²) in [6.45, 7) is 5.53. The number of H-pyrrole nitrogens is 1. The average Bonchev–Trinajstić information content (AvgIpc) is 2.27. The van der Waals surface area contributed by atoms with Crippen LogP contribution in [-0.4, -0.2) is 28.8 Å². The molecule has 0 radical (unpaired) electrons. The van der Waals surface area contributed by atoms with Gasteiger partial charge in [0.2, 0.25) is 0 Å². The minimum atomic E-state index is -0.501. The van der Waals surface area contributed by atoms with E-state index in [-0.39, 0.29) is 0 Å². The maximum atomic E-state index is 9.92. The summed E-state index contributed by atoms with van der Waals surface area (Å²) < 4.78 is 0. The van der Waals surface area contributed by atoms with Crippen molar-refractivity contribution in [3.63, 3.8) is 0 Å². The molecule has 3 nitrogen and oxygen atoms in total. The molecule has 2 rings (SSSR count). The Balaban J connectivity index is 2.12. The predicted molar refractivity (Wildman–Crippen MR) is 51.8 cm³/mol. The summed E-state index contributed by atoms with van der Waals surface area (Å²) >= 11 is 0. The standard InChI is InChI=1S/C10H16N2O/c1-7-3-9(8(2)12-7)4-10(13)5-11-6-10/h3,11-13H,4-6H2,1-2H3. The van der Waals surface area contributed by atoms with Crippen LogP contribution in [0, 0.1) is 13.8 Å². The molecule has 1 aliphatic heterocycles. The van der Waals surface area contributed by atoms with E-state index in [1.54, 1.807) is 0 Å². The van der Waals surface area contributed by atoms with Gasteiger partial charge in [0, 0.05) is 30.9 Å². The molecule has 0 aliphatic carbocycles. The summed E-state index contributed by atoms with van der Waals surface area (Å²) in [5.41, 5.74) is 3.09. The second kappa shape index (κ2) is 2.86. The van der Waals surface area contributed by atoms with Crippen LogP contribution in [0.4, 0.5) is 0 Å². The van der Waals surface area contributed by atoms with Crippen LogP contribution in [-0.2, 0) is 6.42 Å². The second-order valence-electron chi connectivity index (χ2n) is 4.11. The third-order valence-electron chi connectivity index (χ3n) is 2.68. The van der Waals surface area contributed by atoms with Crippen LogP contribution < -0.4 is 5.32 Å². The Labute approximate surface area is 78.2 Å². The molecule has 1 fully saturated rings. The van der Waals surface area contributed by atoms with Crippen LogP contribution in [0.1, 0.15) is 17.0 Å². The van der Waals surface area contributed by atoms with E-state index in [2.05, 4.69) is 23.3 Å². The lowest BCUT2D eigenvalue weighted by molar-refractivity contribution is -0.00912. The molecule has 0 amide bonds. The molecule has 0 bridgehead atoms. The van der Waals surface area contributed by atoms with Gasteiger partial charge < -0.3 is 15.4 Å². The van der Waals surface area contributed by atoms with E-state index in [4.69, 9.17) is 0 Å². The largest absolute Gasteiger partial charge is 0.387 e. The van der Waals surface area contributed by atoms with Gasteiger partial charge in [-0.1, -0.05) is 0 Å². The van der Waals surface area contributed by atoms with Crippen molar-refractivity contribution >= 4 is 0 Å². The van der Waals surface area contributed by atoms with Crippen molar-refractivity contribution in [2.24, 2.45) is 0 Å². The number of nitrogens with one attached hydrogen (secondary N) is 2. The number of rotatable bonds is 2. The molecule has 0 spiro atoms. The van der Waals surface area contributed by atoms with E-state index < -0.39 is 5.60 Å². The summed E-state index contributed by atoms with van der Waals surface area (Å²) in [5, 5.41) is 13.0. The van der Waals surface area contributed by atoms with Gasteiger partial charge in [-0.05, 0) is 25.5 Å². The molecule has 1 saturated heterocycles. The van der Waals surface area contributed by atoms with E-state index in [1.807, 2.05) is 6.92 Å². The third-order valence-corrected chi connectivity index (χ3v) is 2.68. The first-order valence-corrected chi connectivity index (χ1v) is 4.67. The molecular weight excluding hydrogens is 164 g/mol. The fourth-order valence-electron chi connectivity index (χ4n) is 1.86. The molecule has 1 aromatic heterocycles. The monoisotopic (exact) mass is 180 g/mol. The summed E-state index contributed by atoms with van der Waals surface area (Å²) in [6, 6.07) is 2.12. The number of hydrogen-bond acceptors (Lipinski definition) is 2. The number of aliphatic hydroxyl groups is 1. The maximum Gasteiger partial charge on any atom is 0.0935 e. The zero-order valence-corrected chi connectivity index (χ0v) is 8.15. The molecule has 3 heteroatoms. The quantitative estimate of drug-likeness (QED) is 0.621. The van der Waals surface area contributed by atoms with Gasteiger partial charge in [-0.15, -0.1) is 0 Å². The lowest BCUT2D eigenvalue weighted by Gasteiger charge is -2.37. The Hall–Kier alpha value is -0.800. The smallest absolute Gasteiger partial charge is 0.0935 e. The molecule has 1 aromatic rings. The molecule has 72 valence electrons. The molecule has 3 N–H and O–H groups in total. The number of aromatic amines is 1. The maximum absolute atomic E-state index is 9.92. The van der Waals surface area contributed by atoms with Crippen molar-refractivity contribution in [2.45, 2.75) is 25.9 Å². The topological polar surface area (TPSA) is 48.0 Å². The molecular formula is C10H16N2O. The van der Waals surface area contributed by atoms with Gasteiger partial charge in [0.05, 0.1) is 5.60 Å². The zero-order chi connectivity index (χ0) is 9.47. The number of aryl methyl sites for hydroxylation is 2. The Bertz CT molecular complexity index is 313. The molecule has 0 unspecified atom stereocenters. The summed E-state index contributed by atoms with van der Waals surface area (Å²) in [4.78, 5) is 3.25. The fourth-order valence-corrected chi connectivity index (χ4v) is 1.86. The number of β-amino-alcohol motifs (C(OH)–C–C–N with tert-alkyl or cyclic N) is 1. The van der Waals surface area contributed by atoms with Crippen LogP contribution in [0.15, 0.2) is 6.07 Å². The number of aromatic nitrogens is 1. The fraction of sp³-hybridized carbons (Fsp3) is 0.600. The Kier molecular flexibility index (Phi) is 1.93. The molecule has 0 aromatic carbocycles. The van der Waals surface area contributed by atoms with Gasteiger partial charge in [0.25, 0.3) is 0 Å². The Morgan fingerprint density at radius 3 is 2.54 bits per heavy atom. The first-order chi connectivity index (χ1) is 6.09. The van der Waals surface area contributed by atoms with Crippen molar-refractivity contribution in [1.82, 2.24) is 10.3 Å². The summed E-state index contributed by atoms with van der Waals surface area (Å²) in [5.74, 6) is 0. The van der Waals surface area contributed by atoms with E-state index >= 15 is 0 Å². The van der Waals surface area contributed by atoms with Crippen molar-refractivity contribution in [1.29, 1.82) is 0 Å². The van der Waals surface area contributed by atoms with Crippen molar-refractivity contribution in [3.8, 4) is 0 Å². The van der Waals surface area contributed by atoms with Gasteiger partial charge in [-0.3, -0.25) is 0 Å². The van der Waals surface area contributed by atoms with Crippen LogP contribution >= 0.6 is 0 Å². The van der Waals surface area contributed by atoms with Gasteiger partial charge in [-0.2, -0.15) is 0 Å². The van der Waals surface area contributed by atoms with Crippen LogP contribution in [0.2, 0.25) is 0 Å². The van der Waals surface area contributed by atoms with E-state index in [1.165, 1.54) is 17.0 Å². The van der Waals surface area contributed by atoms with E-state index in [9.17, 15) is 5.11 Å². The summed E-state index contributed by atoms with van der Waals surface area (Å²) in [6.07, 6.45) is 0.760. The molecule has 1 aliphatic rings. The van der Waals surface area contributed by atoms with E-state index in [0.29, 0.717) is 0 Å². The highest BCUT2D eigenvalue weighted by Gasteiger charge is 2.34. The lowest BCUT2D eigenvalue weighted by Crippen LogP contribution is -2.60. The average molecular weight is 180 g/mol. The highest BCUT2D eigenvalue weighted by atomic mass is 16.3. The van der Waals surface area contributed by atoms with Gasteiger partial charge in [0.15, 0.2) is 0 Å². The van der Waals surface area contributed by atoms with Gasteiger partial charge in [0.1, 0.15) is 0 Å². The minimum absolute atomic E-state index is 0.501. The van der Waals surface area contributed by atoms with Crippen LogP contribution in [0.25, 0.3) is 0 Å². The van der Waals surface area contributed by atoms with Crippen molar-refractivity contribution in [3.05, 3.63) is 23.0 Å². The SMILES string of the molecule is Cc1cc(CC2(O)CNC2)c(C)[nH]1. The Morgan fingerprint density at radius 1 is 1.46 bits per heavy atom. The number of hydrogen-bond donors (Lipinski definition) is 3. The van der Waals surface area contributed by atoms with E-state index in [0.717, 1.165) is 19.5 Å². The predicted octanol–water partition coefficient (Wildman–Crippen LogP) is 0.508. The van der Waals surface area contributed by atoms with Crippen molar-refractivity contribution in [2.75, 3.05) is 13.1 Å². The van der Waals surface area contributed by atoms with Crippen LogP contribution in [0.3, 0.4) is 0 Å². The second-order valence-corrected chi connectivity index (χ2v) is 4.11. The normalized spacial score (nSPS) is 19.9. The first kappa shape index (κ1) is 8.78. The third kappa shape index (κ3) is 1.62. The minimum Gasteiger partial charge on any atom is -0.387 e. The molecule has 0 atom stereocenters. The zero-order valence-electron chi connectivity index (χ0n) is 8.15. The van der Waals surface area contributed by atoms with Gasteiger partial charge in [-0.25, -0.2) is 0 Å². The Morgan fingerprint density at radius 2 is 2.15 bits per heavy atom. The highest BCUT2D eigenvalue weighted by Crippen LogP contribution is 2.20. The summed E-state index contributed by atoms with van der Waals surface area (Å²) in [7, 11) is 0. The van der Waals surface area contributed by atoms with Gasteiger partial charge >= 0.3 is 0 Å². The molecule has 2 heterocycles. The first-order valence-electron chi connectivity index (χ1n) is 4.67. The lowest BCUT2D eigenvalue weighted by atomic mass is 9.89. The molecule has 0 saturated carbocycles. The van der Waals surface area contributed by atoms with Crippen LogP contribution in [0.5, 0.6) is 0 Å². The highest BCUT2D eigenvalue weighted by molar-refractivity contribution is 5.26.